The Balaban J connectivity index is 1.84. The first-order valence-corrected chi connectivity index (χ1v) is 7.58. The topological polar surface area (TPSA) is 98.7 Å². The van der Waals surface area contributed by atoms with Crippen LogP contribution in [0.15, 0.2) is 24.3 Å². The van der Waals surface area contributed by atoms with Gasteiger partial charge in [0.25, 0.3) is 0 Å². The highest BCUT2D eigenvalue weighted by Gasteiger charge is 2.27. The fourth-order valence-corrected chi connectivity index (χ4v) is 2.56. The maximum Gasteiger partial charge on any atom is 0.317 e. The summed E-state index contributed by atoms with van der Waals surface area (Å²) >= 11 is 0. The number of carbonyl (C=O) groups excluding carboxylic acids is 2. The lowest BCUT2D eigenvalue weighted by Gasteiger charge is -2.30. The molecule has 0 radical (unpaired) electrons. The van der Waals surface area contributed by atoms with Gasteiger partial charge in [0.05, 0.1) is 5.92 Å². The lowest BCUT2D eigenvalue weighted by Crippen LogP contribution is -2.46. The van der Waals surface area contributed by atoms with Crippen molar-refractivity contribution in [3.8, 4) is 0 Å². The first kappa shape index (κ1) is 16.8. The summed E-state index contributed by atoms with van der Waals surface area (Å²) in [4.78, 5) is 35.6. The van der Waals surface area contributed by atoms with Crippen LogP contribution in [0.25, 0.3) is 0 Å². The molecule has 23 heavy (non-hydrogen) atoms. The molecule has 2 rings (SSSR count). The van der Waals surface area contributed by atoms with Gasteiger partial charge >= 0.3 is 12.0 Å². The van der Waals surface area contributed by atoms with Crippen LogP contribution in [-0.4, -0.2) is 41.0 Å². The third-order valence-electron chi connectivity index (χ3n) is 3.78. The molecule has 1 unspecified atom stereocenters. The fourth-order valence-electron chi connectivity index (χ4n) is 2.56. The van der Waals surface area contributed by atoms with Gasteiger partial charge in [-0.1, -0.05) is 12.1 Å². The summed E-state index contributed by atoms with van der Waals surface area (Å²) in [6.45, 7) is 2.63. The number of likely N-dealkylation sites (tertiary alicyclic amines) is 1. The number of nitrogens with zero attached hydrogens (tertiary/aromatic N) is 1. The van der Waals surface area contributed by atoms with Gasteiger partial charge in [-0.05, 0) is 30.5 Å². The molecule has 1 heterocycles. The van der Waals surface area contributed by atoms with E-state index >= 15 is 0 Å². The van der Waals surface area contributed by atoms with Crippen molar-refractivity contribution < 1.29 is 19.5 Å². The van der Waals surface area contributed by atoms with Crippen LogP contribution in [0.3, 0.4) is 0 Å². The summed E-state index contributed by atoms with van der Waals surface area (Å²) in [5.74, 6) is -1.47. The molecule has 1 aromatic rings. The molecule has 0 saturated carbocycles. The molecule has 1 aliphatic rings. The predicted octanol–water partition coefficient (Wildman–Crippen LogP) is 1.65. The Morgan fingerprint density at radius 2 is 1.96 bits per heavy atom. The molecule has 1 fully saturated rings. The molecule has 0 spiro atoms. The standard InChI is InChI=1S/C16H21N3O4/c1-11(20)18-14-6-4-12(5-7-14)9-17-16(23)19-8-2-3-13(10-19)15(21)22/h4-7,13H,2-3,8-10H2,1H3,(H,17,23)(H,18,20)(H,21,22). The highest BCUT2D eigenvalue weighted by atomic mass is 16.4. The molecule has 1 saturated heterocycles. The number of nitrogens with one attached hydrogen (secondary N) is 2. The van der Waals surface area contributed by atoms with Crippen molar-refractivity contribution in [2.24, 2.45) is 5.92 Å². The van der Waals surface area contributed by atoms with Crippen molar-refractivity contribution >= 4 is 23.6 Å². The highest BCUT2D eigenvalue weighted by molar-refractivity contribution is 5.88. The van der Waals surface area contributed by atoms with Gasteiger partial charge in [0, 0.05) is 32.2 Å². The van der Waals surface area contributed by atoms with Gasteiger partial charge in [0.15, 0.2) is 0 Å². The van der Waals surface area contributed by atoms with E-state index in [0.29, 0.717) is 31.6 Å². The van der Waals surface area contributed by atoms with E-state index in [-0.39, 0.29) is 18.5 Å². The molecule has 0 bridgehead atoms. The Morgan fingerprint density at radius 1 is 1.26 bits per heavy atom. The van der Waals surface area contributed by atoms with E-state index in [1.807, 2.05) is 12.1 Å². The largest absolute Gasteiger partial charge is 0.481 e. The minimum absolute atomic E-state index is 0.135. The zero-order chi connectivity index (χ0) is 16.8. The van der Waals surface area contributed by atoms with Crippen LogP contribution in [0, 0.1) is 5.92 Å². The molecule has 0 aliphatic carbocycles. The number of hydrogen-bond donors (Lipinski definition) is 3. The minimum atomic E-state index is -0.851. The van der Waals surface area contributed by atoms with E-state index in [1.54, 1.807) is 17.0 Å². The van der Waals surface area contributed by atoms with Crippen molar-refractivity contribution in [1.29, 1.82) is 0 Å². The van der Waals surface area contributed by atoms with E-state index in [4.69, 9.17) is 5.11 Å². The first-order valence-electron chi connectivity index (χ1n) is 7.58. The average molecular weight is 319 g/mol. The Morgan fingerprint density at radius 3 is 2.57 bits per heavy atom. The lowest BCUT2D eigenvalue weighted by atomic mass is 9.99. The quantitative estimate of drug-likeness (QED) is 0.786. The number of carboxylic acid groups (broad SMARTS) is 1. The molecule has 124 valence electrons. The number of carbonyl (C=O) groups is 3. The third-order valence-corrected chi connectivity index (χ3v) is 3.78. The van der Waals surface area contributed by atoms with Crippen LogP contribution in [0.4, 0.5) is 10.5 Å². The normalized spacial score (nSPS) is 17.4. The van der Waals surface area contributed by atoms with E-state index in [9.17, 15) is 14.4 Å². The van der Waals surface area contributed by atoms with Gasteiger partial charge in [0.1, 0.15) is 0 Å². The molecule has 0 aromatic heterocycles. The number of piperidine rings is 1. The van der Waals surface area contributed by atoms with Crippen molar-refractivity contribution in [2.45, 2.75) is 26.3 Å². The van der Waals surface area contributed by atoms with Gasteiger partial charge in [-0.25, -0.2) is 4.79 Å². The van der Waals surface area contributed by atoms with E-state index < -0.39 is 11.9 Å². The van der Waals surface area contributed by atoms with E-state index in [2.05, 4.69) is 10.6 Å². The monoisotopic (exact) mass is 319 g/mol. The molecule has 3 N–H and O–H groups in total. The highest BCUT2D eigenvalue weighted by Crippen LogP contribution is 2.16. The van der Waals surface area contributed by atoms with Crippen LogP contribution in [0.2, 0.25) is 0 Å². The number of carboxylic acids is 1. The van der Waals surface area contributed by atoms with Crippen molar-refractivity contribution in [2.75, 3.05) is 18.4 Å². The molecule has 1 aliphatic heterocycles. The number of amides is 3. The molecule has 1 aromatic carbocycles. The van der Waals surface area contributed by atoms with Crippen molar-refractivity contribution in [1.82, 2.24) is 10.2 Å². The second kappa shape index (κ2) is 7.62. The van der Waals surface area contributed by atoms with Gasteiger partial charge in [-0.3, -0.25) is 9.59 Å². The molecule has 3 amide bonds. The summed E-state index contributed by atoms with van der Waals surface area (Å²) in [7, 11) is 0. The maximum atomic E-state index is 12.1. The van der Waals surface area contributed by atoms with Gasteiger partial charge in [-0.2, -0.15) is 0 Å². The van der Waals surface area contributed by atoms with E-state index in [0.717, 1.165) is 5.56 Å². The van der Waals surface area contributed by atoms with Crippen LogP contribution < -0.4 is 10.6 Å². The van der Waals surface area contributed by atoms with Crippen LogP contribution in [0.1, 0.15) is 25.3 Å². The number of benzene rings is 1. The smallest absolute Gasteiger partial charge is 0.317 e. The predicted molar refractivity (Wildman–Crippen MR) is 84.9 cm³/mol. The Labute approximate surface area is 134 Å². The molecule has 7 heteroatoms. The molecular weight excluding hydrogens is 298 g/mol. The van der Waals surface area contributed by atoms with Crippen LogP contribution in [-0.2, 0) is 16.1 Å². The SMILES string of the molecule is CC(=O)Nc1ccc(CNC(=O)N2CCCC(C(=O)O)C2)cc1. The van der Waals surface area contributed by atoms with E-state index in [1.165, 1.54) is 6.92 Å². The number of aliphatic carboxylic acids is 1. The summed E-state index contributed by atoms with van der Waals surface area (Å²) in [5.41, 5.74) is 1.60. The number of urea groups is 1. The Hall–Kier alpha value is -2.57. The van der Waals surface area contributed by atoms with Crippen LogP contribution >= 0.6 is 0 Å². The average Bonchev–Trinajstić information content (AvgIpc) is 2.53. The van der Waals surface area contributed by atoms with Crippen LogP contribution in [0.5, 0.6) is 0 Å². The first-order chi connectivity index (χ1) is 11.0. The second-order valence-electron chi connectivity index (χ2n) is 5.66. The Bertz CT molecular complexity index is 585. The van der Waals surface area contributed by atoms with Gasteiger partial charge in [0.2, 0.25) is 5.91 Å². The third kappa shape index (κ3) is 4.98. The molecular formula is C16H21N3O4. The minimum Gasteiger partial charge on any atom is -0.481 e. The maximum absolute atomic E-state index is 12.1. The van der Waals surface area contributed by atoms with Crippen molar-refractivity contribution in [3.63, 3.8) is 0 Å². The lowest BCUT2D eigenvalue weighted by molar-refractivity contribution is -0.143. The van der Waals surface area contributed by atoms with Gasteiger partial charge in [-0.15, -0.1) is 0 Å². The molecule has 7 nitrogen and oxygen atoms in total. The summed E-state index contributed by atoms with van der Waals surface area (Å²) in [5, 5.41) is 14.5. The zero-order valence-electron chi connectivity index (χ0n) is 13.0. The summed E-state index contributed by atoms with van der Waals surface area (Å²) in [6.07, 6.45) is 1.32. The zero-order valence-corrected chi connectivity index (χ0v) is 13.0. The number of rotatable bonds is 4. The summed E-state index contributed by atoms with van der Waals surface area (Å²) in [6, 6.07) is 6.93. The Kier molecular flexibility index (Phi) is 5.56. The summed E-state index contributed by atoms with van der Waals surface area (Å²) < 4.78 is 0. The molecule has 1 atom stereocenters. The fraction of sp³-hybridized carbons (Fsp3) is 0.438. The van der Waals surface area contributed by atoms with Crippen molar-refractivity contribution in [3.05, 3.63) is 29.8 Å². The van der Waals surface area contributed by atoms with Gasteiger partial charge < -0.3 is 20.6 Å². The number of hydrogen-bond acceptors (Lipinski definition) is 3. The second-order valence-corrected chi connectivity index (χ2v) is 5.66. The number of anilines is 1.